The summed E-state index contributed by atoms with van der Waals surface area (Å²) in [5, 5.41) is 0.702. The van der Waals surface area contributed by atoms with E-state index in [1.54, 1.807) is 6.20 Å². The van der Waals surface area contributed by atoms with Crippen LogP contribution in [0, 0.1) is 5.92 Å². The number of aromatic nitrogens is 1. The summed E-state index contributed by atoms with van der Waals surface area (Å²) in [5.41, 5.74) is 0.666. The number of carbonyl (C=O) groups is 1. The standard InChI is InChI=1S/C22H28ClN3O3/c1-15-12-18(28-20(15)27)14-25-8-10-26(11-9-25)22(2,3)21-24-13-19(29-21)16-4-6-17(23)7-5-16/h4-7,13,15,18H,8-12,14H2,1-3H3/t15?,18-/m0/s1. The molecule has 2 aromatic rings. The van der Waals surface area contributed by atoms with Crippen molar-refractivity contribution in [2.45, 2.75) is 38.8 Å². The van der Waals surface area contributed by atoms with E-state index in [-0.39, 0.29) is 23.5 Å². The number of nitrogens with zero attached hydrogens (tertiary/aromatic N) is 3. The Morgan fingerprint density at radius 2 is 1.86 bits per heavy atom. The molecular weight excluding hydrogens is 390 g/mol. The Kier molecular flexibility index (Phi) is 5.69. The van der Waals surface area contributed by atoms with Crippen molar-refractivity contribution in [3.8, 4) is 11.3 Å². The van der Waals surface area contributed by atoms with Gasteiger partial charge in [-0.3, -0.25) is 14.6 Å². The zero-order valence-electron chi connectivity index (χ0n) is 17.2. The molecule has 6 nitrogen and oxygen atoms in total. The molecule has 0 N–H and O–H groups in total. The lowest BCUT2D eigenvalue weighted by Crippen LogP contribution is -2.54. The van der Waals surface area contributed by atoms with Crippen LogP contribution in [-0.4, -0.2) is 59.6 Å². The summed E-state index contributed by atoms with van der Waals surface area (Å²) in [6.45, 7) is 10.8. The van der Waals surface area contributed by atoms with Gasteiger partial charge in [0.1, 0.15) is 6.10 Å². The highest BCUT2D eigenvalue weighted by Crippen LogP contribution is 2.32. The van der Waals surface area contributed by atoms with Crippen molar-refractivity contribution in [2.24, 2.45) is 5.92 Å². The van der Waals surface area contributed by atoms with Crippen molar-refractivity contribution in [3.05, 3.63) is 41.4 Å². The Morgan fingerprint density at radius 3 is 2.48 bits per heavy atom. The Hall–Kier alpha value is -1.89. The average molecular weight is 418 g/mol. The summed E-state index contributed by atoms with van der Waals surface area (Å²) in [6, 6.07) is 7.59. The van der Waals surface area contributed by atoms with Gasteiger partial charge in [0.05, 0.1) is 17.7 Å². The first kappa shape index (κ1) is 20.4. The zero-order valence-corrected chi connectivity index (χ0v) is 18.0. The monoisotopic (exact) mass is 417 g/mol. The first-order valence-corrected chi connectivity index (χ1v) is 10.6. The van der Waals surface area contributed by atoms with Crippen LogP contribution >= 0.6 is 11.6 Å². The number of rotatable bonds is 5. The fourth-order valence-corrected chi connectivity index (χ4v) is 4.27. The molecule has 29 heavy (non-hydrogen) atoms. The number of piperazine rings is 1. The van der Waals surface area contributed by atoms with Gasteiger partial charge in [0.25, 0.3) is 0 Å². The van der Waals surface area contributed by atoms with Gasteiger partial charge in [0, 0.05) is 43.3 Å². The number of cyclic esters (lactones) is 1. The van der Waals surface area contributed by atoms with Crippen LogP contribution in [0.25, 0.3) is 11.3 Å². The van der Waals surface area contributed by atoms with Crippen molar-refractivity contribution in [2.75, 3.05) is 32.7 Å². The second-order valence-electron chi connectivity index (χ2n) is 8.58. The van der Waals surface area contributed by atoms with E-state index in [9.17, 15) is 4.79 Å². The van der Waals surface area contributed by atoms with Crippen LogP contribution in [0.5, 0.6) is 0 Å². The van der Waals surface area contributed by atoms with E-state index in [4.69, 9.17) is 20.8 Å². The second kappa shape index (κ2) is 8.09. The molecule has 3 heterocycles. The lowest BCUT2D eigenvalue weighted by molar-refractivity contribution is -0.144. The Labute approximate surface area is 176 Å². The highest BCUT2D eigenvalue weighted by atomic mass is 35.5. The fraction of sp³-hybridized carbons (Fsp3) is 0.545. The molecule has 4 rings (SSSR count). The number of halogens is 1. The maximum atomic E-state index is 11.6. The number of hydrogen-bond donors (Lipinski definition) is 0. The number of esters is 1. The smallest absolute Gasteiger partial charge is 0.309 e. The third-order valence-electron chi connectivity index (χ3n) is 6.08. The van der Waals surface area contributed by atoms with Crippen molar-refractivity contribution in [1.82, 2.24) is 14.8 Å². The molecule has 7 heteroatoms. The van der Waals surface area contributed by atoms with Crippen LogP contribution in [0.4, 0.5) is 0 Å². The van der Waals surface area contributed by atoms with Crippen molar-refractivity contribution < 1.29 is 13.9 Å². The molecule has 156 valence electrons. The van der Waals surface area contributed by atoms with Gasteiger partial charge >= 0.3 is 5.97 Å². The molecule has 2 atom stereocenters. The van der Waals surface area contributed by atoms with Crippen LogP contribution in [0.1, 0.15) is 33.1 Å². The summed E-state index contributed by atoms with van der Waals surface area (Å²) in [6.07, 6.45) is 2.64. The summed E-state index contributed by atoms with van der Waals surface area (Å²) in [4.78, 5) is 21.0. The number of ether oxygens (including phenoxy) is 1. The summed E-state index contributed by atoms with van der Waals surface area (Å²) >= 11 is 5.98. The average Bonchev–Trinajstić information content (AvgIpc) is 3.31. The minimum Gasteiger partial charge on any atom is -0.461 e. The van der Waals surface area contributed by atoms with Crippen molar-refractivity contribution >= 4 is 17.6 Å². The topological polar surface area (TPSA) is 58.8 Å². The van der Waals surface area contributed by atoms with E-state index in [0.717, 1.165) is 56.4 Å². The predicted octanol–water partition coefficient (Wildman–Crippen LogP) is 3.80. The van der Waals surface area contributed by atoms with Gasteiger partial charge in [-0.25, -0.2) is 4.98 Å². The third kappa shape index (κ3) is 4.34. The van der Waals surface area contributed by atoms with Gasteiger partial charge in [-0.15, -0.1) is 0 Å². The SMILES string of the molecule is CC1C[C@@H](CN2CCN(C(C)(C)c3ncc(-c4ccc(Cl)cc4)o3)CC2)OC1=O. The number of oxazole rings is 1. The largest absolute Gasteiger partial charge is 0.461 e. The summed E-state index contributed by atoms with van der Waals surface area (Å²) < 4.78 is 11.6. The van der Waals surface area contributed by atoms with Gasteiger partial charge in [0.2, 0.25) is 5.89 Å². The normalized spacial score (nSPS) is 24.1. The molecule has 0 saturated carbocycles. The minimum atomic E-state index is -0.300. The van der Waals surface area contributed by atoms with E-state index in [0.29, 0.717) is 5.02 Å². The molecule has 0 radical (unpaired) electrons. The van der Waals surface area contributed by atoms with E-state index < -0.39 is 0 Å². The number of benzene rings is 1. The van der Waals surface area contributed by atoms with Crippen LogP contribution in [0.3, 0.4) is 0 Å². The van der Waals surface area contributed by atoms with Gasteiger partial charge in [-0.1, -0.05) is 18.5 Å². The van der Waals surface area contributed by atoms with Crippen LogP contribution in [0.2, 0.25) is 5.02 Å². The third-order valence-corrected chi connectivity index (χ3v) is 6.34. The molecule has 0 bridgehead atoms. The van der Waals surface area contributed by atoms with Gasteiger partial charge < -0.3 is 9.15 Å². The number of hydrogen-bond acceptors (Lipinski definition) is 6. The first-order chi connectivity index (χ1) is 13.8. The Morgan fingerprint density at radius 1 is 1.17 bits per heavy atom. The van der Waals surface area contributed by atoms with E-state index in [1.165, 1.54) is 0 Å². The van der Waals surface area contributed by atoms with Gasteiger partial charge in [-0.05, 0) is 44.5 Å². The lowest BCUT2D eigenvalue weighted by Gasteiger charge is -2.42. The maximum absolute atomic E-state index is 11.6. The Bertz CT molecular complexity index is 856. The molecule has 0 amide bonds. The summed E-state index contributed by atoms with van der Waals surface area (Å²) in [7, 11) is 0. The molecule has 1 unspecified atom stereocenters. The molecule has 2 saturated heterocycles. The quantitative estimate of drug-likeness (QED) is 0.689. The van der Waals surface area contributed by atoms with Crippen molar-refractivity contribution in [1.29, 1.82) is 0 Å². The van der Waals surface area contributed by atoms with Crippen molar-refractivity contribution in [3.63, 3.8) is 0 Å². The molecule has 1 aromatic carbocycles. The van der Waals surface area contributed by atoms with Crippen LogP contribution < -0.4 is 0 Å². The fourth-order valence-electron chi connectivity index (χ4n) is 4.15. The van der Waals surface area contributed by atoms with E-state index in [2.05, 4.69) is 28.6 Å². The lowest BCUT2D eigenvalue weighted by atomic mass is 10.0. The van der Waals surface area contributed by atoms with Crippen LogP contribution in [0.15, 0.2) is 34.9 Å². The molecule has 0 spiro atoms. The molecule has 1 aromatic heterocycles. The highest BCUT2D eigenvalue weighted by Gasteiger charge is 2.37. The van der Waals surface area contributed by atoms with Gasteiger partial charge in [0.15, 0.2) is 5.76 Å². The minimum absolute atomic E-state index is 0.0279. The predicted molar refractivity (Wildman–Crippen MR) is 112 cm³/mol. The molecule has 2 aliphatic heterocycles. The van der Waals surface area contributed by atoms with Gasteiger partial charge in [-0.2, -0.15) is 0 Å². The molecule has 2 fully saturated rings. The maximum Gasteiger partial charge on any atom is 0.309 e. The zero-order chi connectivity index (χ0) is 20.6. The first-order valence-electron chi connectivity index (χ1n) is 10.2. The molecule has 2 aliphatic rings. The van der Waals surface area contributed by atoms with E-state index >= 15 is 0 Å². The molecular formula is C22H28ClN3O3. The Balaban J connectivity index is 1.36. The summed E-state index contributed by atoms with van der Waals surface area (Å²) in [5.74, 6) is 1.44. The van der Waals surface area contributed by atoms with E-state index in [1.807, 2.05) is 31.2 Å². The highest BCUT2D eigenvalue weighted by molar-refractivity contribution is 6.30. The second-order valence-corrected chi connectivity index (χ2v) is 9.02. The molecule has 0 aliphatic carbocycles. The van der Waals surface area contributed by atoms with Crippen LogP contribution in [-0.2, 0) is 15.1 Å². The number of carbonyl (C=O) groups excluding carboxylic acids is 1.